The summed E-state index contributed by atoms with van der Waals surface area (Å²) in [6.07, 6.45) is 3.39. The number of aromatic nitrogens is 1. The van der Waals surface area contributed by atoms with Crippen LogP contribution in [0.1, 0.15) is 11.1 Å². The molecule has 0 amide bonds. The highest BCUT2D eigenvalue weighted by Crippen LogP contribution is 2.23. The van der Waals surface area contributed by atoms with Crippen molar-refractivity contribution in [2.75, 3.05) is 0 Å². The van der Waals surface area contributed by atoms with Crippen LogP contribution in [-0.4, -0.2) is 13.4 Å². The van der Waals surface area contributed by atoms with Gasteiger partial charge in [0.1, 0.15) is 17.9 Å². The van der Waals surface area contributed by atoms with Gasteiger partial charge < -0.3 is 4.42 Å². The maximum Gasteiger partial charge on any atom is 0.233 e. The zero-order chi connectivity index (χ0) is 18.9. The summed E-state index contributed by atoms with van der Waals surface area (Å²) >= 11 is 6.05. The van der Waals surface area contributed by atoms with Gasteiger partial charge in [-0.05, 0) is 42.8 Å². The lowest BCUT2D eigenvalue weighted by atomic mass is 10.1. The Morgan fingerprint density at radius 1 is 1.35 bits per heavy atom. The third kappa shape index (κ3) is 3.12. The Hall–Kier alpha value is -2.95. The van der Waals surface area contributed by atoms with Crippen molar-refractivity contribution in [1.29, 1.82) is 5.26 Å². The van der Waals surface area contributed by atoms with Crippen LogP contribution in [-0.2, 0) is 9.84 Å². The van der Waals surface area contributed by atoms with Crippen LogP contribution >= 0.6 is 11.6 Å². The third-order valence-electron chi connectivity index (χ3n) is 3.68. The average Bonchev–Trinajstić information content (AvgIpc) is 2.63. The molecule has 6 nitrogen and oxygen atoms in total. The largest absolute Gasteiger partial charge is 0.463 e. The van der Waals surface area contributed by atoms with Gasteiger partial charge in [-0.25, -0.2) is 13.4 Å². The zero-order valence-corrected chi connectivity index (χ0v) is 15.0. The van der Waals surface area contributed by atoms with Gasteiger partial charge >= 0.3 is 0 Å². The summed E-state index contributed by atoms with van der Waals surface area (Å²) in [4.78, 5) is 15.8. The summed E-state index contributed by atoms with van der Waals surface area (Å²) in [7, 11) is -4.15. The molecule has 0 bridgehead atoms. The molecule has 3 rings (SSSR count). The van der Waals surface area contributed by atoms with E-state index in [1.807, 2.05) is 0 Å². The number of nitrogens with zero attached hydrogens (tertiary/aromatic N) is 2. The lowest BCUT2D eigenvalue weighted by molar-refractivity contribution is 0.599. The van der Waals surface area contributed by atoms with E-state index in [4.69, 9.17) is 16.0 Å². The Morgan fingerprint density at radius 2 is 2.12 bits per heavy atom. The first-order valence-electron chi connectivity index (χ1n) is 7.34. The molecular weight excluding hydrogens is 376 g/mol. The Bertz CT molecular complexity index is 1240. The van der Waals surface area contributed by atoms with Crippen molar-refractivity contribution in [3.63, 3.8) is 0 Å². The van der Waals surface area contributed by atoms with E-state index in [1.54, 1.807) is 25.1 Å². The minimum atomic E-state index is -4.15. The van der Waals surface area contributed by atoms with Crippen LogP contribution in [0.25, 0.3) is 17.0 Å². The van der Waals surface area contributed by atoms with Crippen LogP contribution in [0.5, 0.6) is 0 Å². The number of halogens is 1. The normalized spacial score (nSPS) is 12.1. The van der Waals surface area contributed by atoms with Gasteiger partial charge in [0.05, 0.1) is 10.9 Å². The molecule has 0 saturated carbocycles. The Morgan fingerprint density at radius 3 is 2.77 bits per heavy atom. The molecule has 8 heteroatoms. The molecule has 0 fully saturated rings. The number of nitriles is 1. The average molecular weight is 387 g/mol. The Kier molecular flexibility index (Phi) is 4.64. The number of benzene rings is 1. The lowest BCUT2D eigenvalue weighted by Crippen LogP contribution is -2.09. The second-order valence-corrected chi connectivity index (χ2v) is 7.68. The molecule has 0 aliphatic carbocycles. The number of allylic oxidation sites excluding steroid dienone is 1. The van der Waals surface area contributed by atoms with Gasteiger partial charge in [0.25, 0.3) is 0 Å². The molecule has 0 N–H and O–H groups in total. The molecule has 0 unspecified atom stereocenters. The number of hydrogen-bond acceptors (Lipinski definition) is 6. The van der Waals surface area contributed by atoms with Crippen molar-refractivity contribution in [2.45, 2.75) is 11.9 Å². The highest BCUT2D eigenvalue weighted by molar-refractivity contribution is 7.95. The Labute approximate surface area is 153 Å². The third-order valence-corrected chi connectivity index (χ3v) is 5.67. The maximum atomic E-state index is 12.6. The van der Waals surface area contributed by atoms with Crippen molar-refractivity contribution in [2.24, 2.45) is 0 Å². The van der Waals surface area contributed by atoms with Crippen LogP contribution < -0.4 is 5.43 Å². The first-order valence-corrected chi connectivity index (χ1v) is 9.20. The van der Waals surface area contributed by atoms with Crippen molar-refractivity contribution in [3.8, 4) is 6.07 Å². The van der Waals surface area contributed by atoms with Crippen LogP contribution in [0.2, 0.25) is 5.02 Å². The summed E-state index contributed by atoms with van der Waals surface area (Å²) in [6, 6.07) is 8.99. The van der Waals surface area contributed by atoms with Gasteiger partial charge in [0.15, 0.2) is 15.4 Å². The SMILES string of the molecule is Cc1cc2occ(C=C(C#N)S(=O)(=O)c3ccccn3)c(=O)c2cc1Cl. The second-order valence-electron chi connectivity index (χ2n) is 5.41. The van der Waals surface area contributed by atoms with Gasteiger partial charge in [-0.3, -0.25) is 4.79 Å². The highest BCUT2D eigenvalue weighted by atomic mass is 35.5. The first-order chi connectivity index (χ1) is 12.3. The fraction of sp³-hybridized carbons (Fsp3) is 0.0556. The summed E-state index contributed by atoms with van der Waals surface area (Å²) in [5, 5.41) is 9.59. The van der Waals surface area contributed by atoms with E-state index in [0.717, 1.165) is 17.9 Å². The van der Waals surface area contributed by atoms with E-state index < -0.39 is 20.2 Å². The molecule has 0 radical (unpaired) electrons. The van der Waals surface area contributed by atoms with Gasteiger partial charge in [-0.2, -0.15) is 5.26 Å². The molecule has 2 heterocycles. The standard InChI is InChI=1S/C18H11ClN2O4S/c1-11-6-16-14(8-15(11)19)18(22)12(10-25-16)7-13(9-20)26(23,24)17-4-2-3-5-21-17/h2-8,10H,1H3. The molecule has 3 aromatic rings. The van der Waals surface area contributed by atoms with Gasteiger partial charge in [-0.1, -0.05) is 17.7 Å². The molecular formula is C18H11ClN2O4S. The van der Waals surface area contributed by atoms with Gasteiger partial charge in [-0.15, -0.1) is 0 Å². The van der Waals surface area contributed by atoms with Crippen molar-refractivity contribution in [1.82, 2.24) is 4.98 Å². The number of rotatable bonds is 3. The number of sulfone groups is 1. The van der Waals surface area contributed by atoms with E-state index >= 15 is 0 Å². The fourth-order valence-electron chi connectivity index (χ4n) is 2.30. The molecule has 130 valence electrons. The van der Waals surface area contributed by atoms with Crippen molar-refractivity contribution < 1.29 is 12.8 Å². The molecule has 0 aliphatic heterocycles. The van der Waals surface area contributed by atoms with Gasteiger partial charge in [0, 0.05) is 11.2 Å². The summed E-state index contributed by atoms with van der Waals surface area (Å²) < 4.78 is 30.5. The van der Waals surface area contributed by atoms with Crippen LogP contribution in [0.15, 0.2) is 61.9 Å². The molecule has 0 atom stereocenters. The molecule has 0 aliphatic rings. The first kappa shape index (κ1) is 17.9. The zero-order valence-electron chi connectivity index (χ0n) is 13.4. The van der Waals surface area contributed by atoms with E-state index in [9.17, 15) is 18.5 Å². The quantitative estimate of drug-likeness (QED) is 0.638. The highest BCUT2D eigenvalue weighted by Gasteiger charge is 2.22. The lowest BCUT2D eigenvalue weighted by Gasteiger charge is -2.04. The molecule has 0 spiro atoms. The predicted octanol–water partition coefficient (Wildman–Crippen LogP) is 3.49. The van der Waals surface area contributed by atoms with E-state index in [2.05, 4.69) is 4.98 Å². The van der Waals surface area contributed by atoms with Crippen LogP contribution in [0.3, 0.4) is 0 Å². The summed E-state index contributed by atoms with van der Waals surface area (Å²) in [6.45, 7) is 1.77. The molecule has 1 aromatic carbocycles. The number of pyridine rings is 1. The number of fused-ring (bicyclic) bond motifs is 1. The number of aryl methyl sites for hydroxylation is 1. The molecule has 26 heavy (non-hydrogen) atoms. The smallest absolute Gasteiger partial charge is 0.233 e. The van der Waals surface area contributed by atoms with Crippen LogP contribution in [0, 0.1) is 18.3 Å². The van der Waals surface area contributed by atoms with Crippen LogP contribution in [0.4, 0.5) is 0 Å². The topological polar surface area (TPSA) is 101 Å². The Balaban J connectivity index is 2.20. The minimum Gasteiger partial charge on any atom is -0.463 e. The van der Waals surface area contributed by atoms with Gasteiger partial charge in [0.2, 0.25) is 9.84 Å². The summed E-state index contributed by atoms with van der Waals surface area (Å²) in [5.41, 5.74) is 0.492. The van der Waals surface area contributed by atoms with E-state index in [1.165, 1.54) is 24.4 Å². The minimum absolute atomic E-state index is 0.0755. The van der Waals surface area contributed by atoms with Crippen molar-refractivity contribution >= 4 is 38.5 Å². The monoisotopic (exact) mass is 386 g/mol. The molecule has 2 aromatic heterocycles. The summed E-state index contributed by atoms with van der Waals surface area (Å²) in [5.74, 6) is 0. The maximum absolute atomic E-state index is 12.6. The molecule has 0 saturated heterocycles. The van der Waals surface area contributed by atoms with Crippen molar-refractivity contribution in [3.05, 3.63) is 74.1 Å². The van der Waals surface area contributed by atoms with E-state index in [-0.39, 0.29) is 16.0 Å². The fourth-order valence-corrected chi connectivity index (χ4v) is 3.54. The predicted molar refractivity (Wildman–Crippen MR) is 97.2 cm³/mol. The second kappa shape index (κ2) is 6.75. The van der Waals surface area contributed by atoms with E-state index in [0.29, 0.717) is 10.6 Å². The number of hydrogen-bond donors (Lipinski definition) is 0.